The Morgan fingerprint density at radius 1 is 1.10 bits per heavy atom. The van der Waals surface area contributed by atoms with Gasteiger partial charge in [-0.25, -0.2) is 8.42 Å². The van der Waals surface area contributed by atoms with Crippen LogP contribution in [-0.2, 0) is 14.8 Å². The molecule has 1 aliphatic heterocycles. The molecule has 0 aliphatic carbocycles. The molecule has 2 aromatic carbocycles. The van der Waals surface area contributed by atoms with Crippen molar-refractivity contribution in [3.63, 3.8) is 0 Å². The van der Waals surface area contributed by atoms with E-state index in [2.05, 4.69) is 10.2 Å². The molecule has 0 radical (unpaired) electrons. The van der Waals surface area contributed by atoms with Crippen molar-refractivity contribution in [2.75, 3.05) is 37.0 Å². The zero-order valence-corrected chi connectivity index (χ0v) is 19.5. The third-order valence-electron chi connectivity index (χ3n) is 5.48. The second-order valence-corrected chi connectivity index (χ2v) is 10.1. The third kappa shape index (κ3) is 6.45. The standard InChI is InChI=1S/C23H30ClN3O3S/c1-19-11-12-20(17-22(19)24)27(31(29,30)21-9-4-2-5-10-21)18-23(28)25-13-8-16-26-14-6-3-7-15-26/h2,4-5,9-12,17H,3,6-8,13-16,18H2,1H3,(H,25,28). The number of likely N-dealkylation sites (tertiary alicyclic amines) is 1. The minimum absolute atomic E-state index is 0.129. The van der Waals surface area contributed by atoms with Gasteiger partial charge in [0.15, 0.2) is 0 Å². The van der Waals surface area contributed by atoms with Crippen molar-refractivity contribution in [2.24, 2.45) is 0 Å². The van der Waals surface area contributed by atoms with Gasteiger partial charge in [0.2, 0.25) is 5.91 Å². The van der Waals surface area contributed by atoms with Crippen LogP contribution in [0.15, 0.2) is 53.4 Å². The maximum atomic E-state index is 13.3. The molecule has 0 spiro atoms. The van der Waals surface area contributed by atoms with Crippen molar-refractivity contribution in [3.8, 4) is 0 Å². The summed E-state index contributed by atoms with van der Waals surface area (Å²) in [7, 11) is -3.92. The number of amides is 1. The Hall–Kier alpha value is -2.09. The summed E-state index contributed by atoms with van der Waals surface area (Å²) in [6, 6.07) is 13.1. The monoisotopic (exact) mass is 463 g/mol. The first kappa shape index (κ1) is 23.6. The molecule has 1 amide bonds. The van der Waals surface area contributed by atoms with Crippen LogP contribution in [-0.4, -0.2) is 51.9 Å². The van der Waals surface area contributed by atoms with Crippen LogP contribution in [0.1, 0.15) is 31.2 Å². The number of sulfonamides is 1. The Kier molecular flexibility index (Phi) is 8.35. The van der Waals surface area contributed by atoms with Gasteiger partial charge < -0.3 is 10.2 Å². The SMILES string of the molecule is Cc1ccc(N(CC(=O)NCCCN2CCCCC2)S(=O)(=O)c2ccccc2)cc1Cl. The molecule has 8 heteroatoms. The number of hydrogen-bond donors (Lipinski definition) is 1. The number of rotatable bonds is 9. The molecule has 31 heavy (non-hydrogen) atoms. The number of carbonyl (C=O) groups excluding carboxylic acids is 1. The van der Waals surface area contributed by atoms with Crippen LogP contribution in [0.5, 0.6) is 0 Å². The summed E-state index contributed by atoms with van der Waals surface area (Å²) in [6.45, 7) is 5.23. The molecule has 1 aliphatic rings. The van der Waals surface area contributed by atoms with Crippen molar-refractivity contribution in [1.82, 2.24) is 10.2 Å². The van der Waals surface area contributed by atoms with Gasteiger partial charge in [-0.1, -0.05) is 42.3 Å². The third-order valence-corrected chi connectivity index (χ3v) is 7.68. The highest BCUT2D eigenvalue weighted by molar-refractivity contribution is 7.92. The van der Waals surface area contributed by atoms with Gasteiger partial charge in [0.05, 0.1) is 10.6 Å². The number of nitrogens with one attached hydrogen (secondary N) is 1. The summed E-state index contributed by atoms with van der Waals surface area (Å²) in [5.74, 6) is -0.338. The van der Waals surface area contributed by atoms with Crippen molar-refractivity contribution in [1.29, 1.82) is 0 Å². The lowest BCUT2D eigenvalue weighted by atomic mass is 10.1. The van der Waals surface area contributed by atoms with E-state index in [-0.39, 0.29) is 17.3 Å². The van der Waals surface area contributed by atoms with Gasteiger partial charge in [-0.3, -0.25) is 9.10 Å². The highest BCUT2D eigenvalue weighted by atomic mass is 35.5. The van der Waals surface area contributed by atoms with Gasteiger partial charge in [0.25, 0.3) is 10.0 Å². The van der Waals surface area contributed by atoms with E-state index in [1.807, 2.05) is 6.92 Å². The first-order valence-electron chi connectivity index (χ1n) is 10.7. The minimum atomic E-state index is -3.92. The summed E-state index contributed by atoms with van der Waals surface area (Å²) >= 11 is 6.24. The molecule has 6 nitrogen and oxygen atoms in total. The maximum absolute atomic E-state index is 13.3. The van der Waals surface area contributed by atoms with Gasteiger partial charge >= 0.3 is 0 Å². The topological polar surface area (TPSA) is 69.7 Å². The van der Waals surface area contributed by atoms with Crippen molar-refractivity contribution in [3.05, 3.63) is 59.1 Å². The average molecular weight is 464 g/mol. The zero-order valence-electron chi connectivity index (χ0n) is 17.9. The van der Waals surface area contributed by atoms with Crippen LogP contribution >= 0.6 is 11.6 Å². The Morgan fingerprint density at radius 3 is 2.48 bits per heavy atom. The largest absolute Gasteiger partial charge is 0.354 e. The number of hydrogen-bond acceptors (Lipinski definition) is 4. The Balaban J connectivity index is 1.69. The lowest BCUT2D eigenvalue weighted by molar-refractivity contribution is -0.119. The number of halogens is 1. The van der Waals surface area contributed by atoms with Crippen LogP contribution in [0.3, 0.4) is 0 Å². The molecular formula is C23H30ClN3O3S. The van der Waals surface area contributed by atoms with Gasteiger partial charge in [0, 0.05) is 11.6 Å². The highest BCUT2D eigenvalue weighted by Gasteiger charge is 2.27. The number of nitrogens with zero attached hydrogens (tertiary/aromatic N) is 2. The number of carbonyl (C=O) groups is 1. The van der Waals surface area contributed by atoms with Gasteiger partial charge in [-0.05, 0) is 75.6 Å². The summed E-state index contributed by atoms with van der Waals surface area (Å²) in [6.07, 6.45) is 4.60. The second kappa shape index (κ2) is 11.0. The predicted octanol–water partition coefficient (Wildman–Crippen LogP) is 3.84. The lowest BCUT2D eigenvalue weighted by Crippen LogP contribution is -2.41. The fourth-order valence-electron chi connectivity index (χ4n) is 3.67. The van der Waals surface area contributed by atoms with E-state index in [4.69, 9.17) is 11.6 Å². The number of aryl methyl sites for hydroxylation is 1. The molecule has 1 saturated heterocycles. The number of benzene rings is 2. The lowest BCUT2D eigenvalue weighted by Gasteiger charge is -2.26. The fraction of sp³-hybridized carbons (Fsp3) is 0.435. The first-order chi connectivity index (χ1) is 14.9. The molecule has 0 atom stereocenters. The number of piperidine rings is 1. The molecule has 2 aromatic rings. The van der Waals surface area contributed by atoms with E-state index in [0.29, 0.717) is 17.3 Å². The van der Waals surface area contributed by atoms with E-state index >= 15 is 0 Å². The van der Waals surface area contributed by atoms with Crippen LogP contribution in [0, 0.1) is 6.92 Å². The summed E-state index contributed by atoms with van der Waals surface area (Å²) < 4.78 is 27.7. The van der Waals surface area contributed by atoms with Crippen LogP contribution in [0.25, 0.3) is 0 Å². The molecule has 168 valence electrons. The fourth-order valence-corrected chi connectivity index (χ4v) is 5.28. The Morgan fingerprint density at radius 2 is 1.81 bits per heavy atom. The quantitative estimate of drug-likeness (QED) is 0.573. The van der Waals surface area contributed by atoms with E-state index in [1.165, 1.54) is 31.4 Å². The summed E-state index contributed by atoms with van der Waals surface area (Å²) in [5, 5.41) is 3.32. The smallest absolute Gasteiger partial charge is 0.264 e. The molecule has 3 rings (SSSR count). The molecule has 0 unspecified atom stereocenters. The van der Waals surface area contributed by atoms with Crippen molar-refractivity contribution < 1.29 is 13.2 Å². The summed E-state index contributed by atoms with van der Waals surface area (Å²) in [4.78, 5) is 15.2. The van der Waals surface area contributed by atoms with Gasteiger partial charge in [0.1, 0.15) is 6.54 Å². The zero-order chi connectivity index (χ0) is 22.3. The van der Waals surface area contributed by atoms with E-state index in [0.717, 1.165) is 35.9 Å². The van der Waals surface area contributed by atoms with Crippen LogP contribution in [0.2, 0.25) is 5.02 Å². The molecule has 0 aromatic heterocycles. The number of anilines is 1. The molecular weight excluding hydrogens is 434 g/mol. The molecule has 1 fully saturated rings. The normalized spacial score (nSPS) is 14.9. The van der Waals surface area contributed by atoms with Crippen LogP contribution < -0.4 is 9.62 Å². The van der Waals surface area contributed by atoms with Gasteiger partial charge in [-0.2, -0.15) is 0 Å². The van der Waals surface area contributed by atoms with Crippen LogP contribution in [0.4, 0.5) is 5.69 Å². The molecule has 1 heterocycles. The Bertz CT molecular complexity index is 977. The predicted molar refractivity (Wildman–Crippen MR) is 125 cm³/mol. The minimum Gasteiger partial charge on any atom is -0.354 e. The van der Waals surface area contributed by atoms with E-state index in [1.54, 1.807) is 36.4 Å². The summed E-state index contributed by atoms with van der Waals surface area (Å²) in [5.41, 5.74) is 1.20. The average Bonchev–Trinajstić information content (AvgIpc) is 2.78. The second-order valence-electron chi connectivity index (χ2n) is 7.86. The highest BCUT2D eigenvalue weighted by Crippen LogP contribution is 2.27. The maximum Gasteiger partial charge on any atom is 0.264 e. The molecule has 1 N–H and O–H groups in total. The van der Waals surface area contributed by atoms with E-state index in [9.17, 15) is 13.2 Å². The Labute approximate surface area is 190 Å². The van der Waals surface area contributed by atoms with Crippen molar-refractivity contribution >= 4 is 33.2 Å². The van der Waals surface area contributed by atoms with Crippen molar-refractivity contribution in [2.45, 2.75) is 37.5 Å². The molecule has 0 saturated carbocycles. The first-order valence-corrected chi connectivity index (χ1v) is 12.5. The van der Waals surface area contributed by atoms with Gasteiger partial charge in [-0.15, -0.1) is 0 Å². The molecule has 0 bridgehead atoms. The van der Waals surface area contributed by atoms with E-state index < -0.39 is 10.0 Å².